The number of hydrogen-bond donors (Lipinski definition) is 1. The van der Waals surface area contributed by atoms with E-state index in [1.807, 2.05) is 6.07 Å². The van der Waals surface area contributed by atoms with Crippen LogP contribution in [0, 0.1) is 0 Å². The van der Waals surface area contributed by atoms with Crippen LogP contribution < -0.4 is 15.2 Å². The third-order valence-electron chi connectivity index (χ3n) is 2.94. The van der Waals surface area contributed by atoms with Crippen molar-refractivity contribution in [1.82, 2.24) is 0 Å². The molecule has 15 heavy (non-hydrogen) atoms. The molecular weight excluding hydrogens is 258 g/mol. The van der Waals surface area contributed by atoms with Crippen LogP contribution in [-0.2, 0) is 6.42 Å². The van der Waals surface area contributed by atoms with Crippen LogP contribution in [-0.4, -0.2) is 12.3 Å². The summed E-state index contributed by atoms with van der Waals surface area (Å²) in [6.07, 6.45) is 3.17. The van der Waals surface area contributed by atoms with Gasteiger partial charge in [-0.2, -0.15) is 0 Å². The Balaban J connectivity index is 1.93. The minimum Gasteiger partial charge on any atom is -0.454 e. The highest BCUT2D eigenvalue weighted by Crippen LogP contribution is 2.42. The summed E-state index contributed by atoms with van der Waals surface area (Å²) < 4.78 is 11.6. The third kappa shape index (κ3) is 1.72. The molecule has 4 heteroatoms. The Hall–Kier alpha value is -0.740. The van der Waals surface area contributed by atoms with Gasteiger partial charge in [0.15, 0.2) is 11.5 Å². The molecule has 1 fully saturated rings. The average molecular weight is 270 g/mol. The van der Waals surface area contributed by atoms with Crippen molar-refractivity contribution in [3.63, 3.8) is 0 Å². The molecule has 80 valence electrons. The van der Waals surface area contributed by atoms with Crippen LogP contribution in [0.15, 0.2) is 16.6 Å². The van der Waals surface area contributed by atoms with E-state index in [-0.39, 0.29) is 5.54 Å². The molecule has 0 bridgehead atoms. The van der Waals surface area contributed by atoms with E-state index in [2.05, 4.69) is 22.0 Å². The predicted octanol–water partition coefficient (Wildman–Crippen LogP) is 2.21. The summed E-state index contributed by atoms with van der Waals surface area (Å²) in [7, 11) is 0. The quantitative estimate of drug-likeness (QED) is 0.896. The topological polar surface area (TPSA) is 44.5 Å². The van der Waals surface area contributed by atoms with Crippen LogP contribution >= 0.6 is 15.9 Å². The van der Waals surface area contributed by atoms with E-state index in [1.165, 1.54) is 5.56 Å². The van der Waals surface area contributed by atoms with Gasteiger partial charge in [-0.3, -0.25) is 0 Å². The van der Waals surface area contributed by atoms with Gasteiger partial charge in [0, 0.05) is 5.54 Å². The van der Waals surface area contributed by atoms with Crippen molar-refractivity contribution in [3.05, 3.63) is 22.2 Å². The minimum atomic E-state index is 0.0349. The molecule has 0 radical (unpaired) electrons. The monoisotopic (exact) mass is 269 g/mol. The lowest BCUT2D eigenvalue weighted by atomic mass is 10.0. The number of ether oxygens (including phenoxy) is 2. The predicted molar refractivity (Wildman–Crippen MR) is 60.1 cm³/mol. The molecule has 0 amide bonds. The molecule has 1 saturated carbocycles. The van der Waals surface area contributed by atoms with E-state index in [9.17, 15) is 0 Å². The molecule has 0 spiro atoms. The fourth-order valence-corrected chi connectivity index (χ4v) is 2.47. The van der Waals surface area contributed by atoms with E-state index in [1.54, 1.807) is 0 Å². The smallest absolute Gasteiger partial charge is 0.231 e. The zero-order valence-corrected chi connectivity index (χ0v) is 9.84. The maximum atomic E-state index is 6.09. The fourth-order valence-electron chi connectivity index (χ4n) is 1.87. The molecule has 0 atom stereocenters. The van der Waals surface area contributed by atoms with Gasteiger partial charge in [-0.05, 0) is 52.9 Å². The van der Waals surface area contributed by atoms with Crippen LogP contribution in [0.5, 0.6) is 11.5 Å². The lowest BCUT2D eigenvalue weighted by Crippen LogP contribution is -2.24. The first-order valence-electron chi connectivity index (χ1n) is 5.03. The van der Waals surface area contributed by atoms with Gasteiger partial charge in [0.2, 0.25) is 6.79 Å². The Morgan fingerprint density at radius 1 is 1.33 bits per heavy atom. The molecule has 1 aliphatic heterocycles. The average Bonchev–Trinajstić information content (AvgIpc) is 2.73. The number of nitrogens with two attached hydrogens (primary N) is 1. The van der Waals surface area contributed by atoms with Crippen LogP contribution in [0.4, 0.5) is 0 Å². The van der Waals surface area contributed by atoms with E-state index >= 15 is 0 Å². The normalized spacial score (nSPS) is 20.4. The van der Waals surface area contributed by atoms with Crippen molar-refractivity contribution >= 4 is 15.9 Å². The number of benzene rings is 1. The van der Waals surface area contributed by atoms with Gasteiger partial charge in [0.25, 0.3) is 0 Å². The van der Waals surface area contributed by atoms with Gasteiger partial charge in [-0.15, -0.1) is 0 Å². The van der Waals surface area contributed by atoms with Crippen LogP contribution in [0.25, 0.3) is 0 Å². The molecule has 0 aromatic heterocycles. The fraction of sp³-hybridized carbons (Fsp3) is 0.455. The van der Waals surface area contributed by atoms with E-state index in [0.29, 0.717) is 6.79 Å². The first-order chi connectivity index (χ1) is 7.16. The third-order valence-corrected chi connectivity index (χ3v) is 3.52. The summed E-state index contributed by atoms with van der Waals surface area (Å²) >= 11 is 3.48. The maximum absolute atomic E-state index is 6.09. The first kappa shape index (κ1) is 9.48. The zero-order chi connectivity index (χ0) is 10.5. The van der Waals surface area contributed by atoms with Crippen molar-refractivity contribution in [3.8, 4) is 11.5 Å². The van der Waals surface area contributed by atoms with Crippen molar-refractivity contribution in [2.24, 2.45) is 5.73 Å². The molecule has 0 unspecified atom stereocenters. The lowest BCUT2D eigenvalue weighted by molar-refractivity contribution is 0.173. The number of fused-ring (bicyclic) bond motifs is 1. The molecule has 3 rings (SSSR count). The van der Waals surface area contributed by atoms with E-state index in [0.717, 1.165) is 35.2 Å². The number of rotatable bonds is 2. The Kier molecular flexibility index (Phi) is 1.97. The van der Waals surface area contributed by atoms with E-state index in [4.69, 9.17) is 15.2 Å². The number of halogens is 1. The molecule has 1 aromatic rings. The van der Waals surface area contributed by atoms with Crippen molar-refractivity contribution in [2.75, 3.05) is 6.79 Å². The molecule has 3 nitrogen and oxygen atoms in total. The lowest BCUT2D eigenvalue weighted by Gasteiger charge is -2.09. The molecule has 1 heterocycles. The molecule has 0 saturated heterocycles. The highest BCUT2D eigenvalue weighted by atomic mass is 79.9. The SMILES string of the molecule is NC1(Cc2cc(Br)c3c(c2)OCO3)CC1. The highest BCUT2D eigenvalue weighted by Gasteiger charge is 2.38. The van der Waals surface area contributed by atoms with Crippen molar-refractivity contribution in [1.29, 1.82) is 0 Å². The number of hydrogen-bond acceptors (Lipinski definition) is 3. The summed E-state index contributed by atoms with van der Waals surface area (Å²) in [5.41, 5.74) is 7.34. The van der Waals surface area contributed by atoms with Gasteiger partial charge < -0.3 is 15.2 Å². The second-order valence-corrected chi connectivity index (χ2v) is 5.20. The maximum Gasteiger partial charge on any atom is 0.231 e. The Labute approximate surface area is 96.7 Å². The van der Waals surface area contributed by atoms with Gasteiger partial charge in [0.05, 0.1) is 4.47 Å². The molecule has 1 aliphatic carbocycles. The zero-order valence-electron chi connectivity index (χ0n) is 8.25. The van der Waals surface area contributed by atoms with Crippen LogP contribution in [0.3, 0.4) is 0 Å². The van der Waals surface area contributed by atoms with Gasteiger partial charge in [0.1, 0.15) is 0 Å². The van der Waals surface area contributed by atoms with Crippen LogP contribution in [0.1, 0.15) is 18.4 Å². The standard InChI is InChI=1S/C11H12BrNO2/c12-8-3-7(5-11(13)1-2-11)4-9-10(8)15-6-14-9/h3-4H,1-2,5-6,13H2. The Morgan fingerprint density at radius 3 is 2.87 bits per heavy atom. The van der Waals surface area contributed by atoms with Gasteiger partial charge in [-0.1, -0.05) is 0 Å². The van der Waals surface area contributed by atoms with Crippen LogP contribution in [0.2, 0.25) is 0 Å². The second-order valence-electron chi connectivity index (χ2n) is 4.35. The second kappa shape index (κ2) is 3.12. The summed E-state index contributed by atoms with van der Waals surface area (Å²) in [6, 6.07) is 4.10. The summed E-state index contributed by atoms with van der Waals surface area (Å²) in [6.45, 7) is 0.311. The van der Waals surface area contributed by atoms with Crippen molar-refractivity contribution in [2.45, 2.75) is 24.8 Å². The summed E-state index contributed by atoms with van der Waals surface area (Å²) in [4.78, 5) is 0. The molecule has 1 aromatic carbocycles. The minimum absolute atomic E-state index is 0.0349. The van der Waals surface area contributed by atoms with E-state index < -0.39 is 0 Å². The summed E-state index contributed by atoms with van der Waals surface area (Å²) in [5, 5.41) is 0. The molecule has 2 N–H and O–H groups in total. The largest absolute Gasteiger partial charge is 0.454 e. The summed E-state index contributed by atoms with van der Waals surface area (Å²) in [5.74, 6) is 1.63. The Morgan fingerprint density at radius 2 is 2.13 bits per heavy atom. The molecular formula is C11H12BrNO2. The molecule has 2 aliphatic rings. The van der Waals surface area contributed by atoms with Gasteiger partial charge in [-0.25, -0.2) is 0 Å². The van der Waals surface area contributed by atoms with Gasteiger partial charge >= 0.3 is 0 Å². The Bertz CT molecular complexity index is 415. The highest BCUT2D eigenvalue weighted by molar-refractivity contribution is 9.10. The first-order valence-corrected chi connectivity index (χ1v) is 5.83. The van der Waals surface area contributed by atoms with Crippen molar-refractivity contribution < 1.29 is 9.47 Å².